The van der Waals surface area contributed by atoms with E-state index < -0.39 is 17.6 Å². The molecule has 0 unspecified atom stereocenters. The van der Waals surface area contributed by atoms with Gasteiger partial charge in [-0.05, 0) is 24.3 Å². The van der Waals surface area contributed by atoms with E-state index in [9.17, 15) is 18.0 Å². The SMILES string of the molecule is O=C(c1ccccc1C(F)(F)F)N1CCN(Cc2nc(-c3cccc(Br)c3)no2)CC1. The van der Waals surface area contributed by atoms with Crippen LogP contribution in [0, 0.1) is 0 Å². The maximum Gasteiger partial charge on any atom is 0.417 e. The fourth-order valence-electron chi connectivity index (χ4n) is 3.45. The third-order valence-electron chi connectivity index (χ3n) is 5.03. The number of halogens is 4. The van der Waals surface area contributed by atoms with Gasteiger partial charge in [0.2, 0.25) is 11.7 Å². The molecule has 1 fully saturated rings. The first-order valence-corrected chi connectivity index (χ1v) is 10.4. The summed E-state index contributed by atoms with van der Waals surface area (Å²) in [5, 5.41) is 4.00. The molecule has 1 aliphatic rings. The summed E-state index contributed by atoms with van der Waals surface area (Å²) in [5.74, 6) is 0.313. The summed E-state index contributed by atoms with van der Waals surface area (Å²) < 4.78 is 45.9. The number of benzene rings is 2. The van der Waals surface area contributed by atoms with E-state index in [1.807, 2.05) is 29.2 Å². The molecule has 1 amide bonds. The predicted molar refractivity (Wildman–Crippen MR) is 110 cm³/mol. The molecule has 6 nitrogen and oxygen atoms in total. The highest BCUT2D eigenvalue weighted by Crippen LogP contribution is 2.32. The molecule has 1 aromatic heterocycles. The van der Waals surface area contributed by atoms with E-state index in [0.717, 1.165) is 16.1 Å². The first kappa shape index (κ1) is 21.5. The van der Waals surface area contributed by atoms with Gasteiger partial charge < -0.3 is 9.42 Å². The second-order valence-corrected chi connectivity index (χ2v) is 8.05. The second kappa shape index (κ2) is 8.80. The van der Waals surface area contributed by atoms with Gasteiger partial charge in [-0.3, -0.25) is 9.69 Å². The van der Waals surface area contributed by atoms with E-state index in [4.69, 9.17) is 4.52 Å². The van der Waals surface area contributed by atoms with Crippen LogP contribution in [0.15, 0.2) is 57.5 Å². The van der Waals surface area contributed by atoms with Crippen molar-refractivity contribution in [3.63, 3.8) is 0 Å². The molecule has 31 heavy (non-hydrogen) atoms. The summed E-state index contributed by atoms with van der Waals surface area (Å²) in [6.07, 6.45) is -4.57. The van der Waals surface area contributed by atoms with Gasteiger partial charge in [0.15, 0.2) is 0 Å². The average Bonchev–Trinajstić information content (AvgIpc) is 3.22. The molecule has 0 atom stereocenters. The lowest BCUT2D eigenvalue weighted by Gasteiger charge is -2.34. The normalized spacial score (nSPS) is 15.3. The molecule has 0 radical (unpaired) electrons. The Bertz CT molecular complexity index is 1080. The van der Waals surface area contributed by atoms with Crippen LogP contribution < -0.4 is 0 Å². The minimum atomic E-state index is -4.57. The summed E-state index contributed by atoms with van der Waals surface area (Å²) in [6, 6.07) is 12.4. The maximum absolute atomic E-state index is 13.2. The average molecular weight is 495 g/mol. The van der Waals surface area contributed by atoms with Gasteiger partial charge in [-0.1, -0.05) is 45.4 Å². The summed E-state index contributed by atoms with van der Waals surface area (Å²) in [7, 11) is 0. The van der Waals surface area contributed by atoms with Crippen molar-refractivity contribution in [3.05, 3.63) is 70.0 Å². The van der Waals surface area contributed by atoms with Crippen molar-refractivity contribution in [2.75, 3.05) is 26.2 Å². The Morgan fingerprint density at radius 1 is 1.06 bits per heavy atom. The maximum atomic E-state index is 13.2. The van der Waals surface area contributed by atoms with Crippen LogP contribution in [0.4, 0.5) is 13.2 Å². The Hall–Kier alpha value is -2.72. The fourth-order valence-corrected chi connectivity index (χ4v) is 3.85. The van der Waals surface area contributed by atoms with Crippen molar-refractivity contribution in [3.8, 4) is 11.4 Å². The zero-order chi connectivity index (χ0) is 22.0. The standard InChI is InChI=1S/C21H18BrF3N4O2/c22-15-5-3-4-14(12-15)19-26-18(31-27-19)13-28-8-10-29(11-9-28)20(30)16-6-1-2-7-17(16)21(23,24)25/h1-7,12H,8-11,13H2. The van der Waals surface area contributed by atoms with E-state index >= 15 is 0 Å². The van der Waals surface area contributed by atoms with Crippen LogP contribution in [0.2, 0.25) is 0 Å². The van der Waals surface area contributed by atoms with Gasteiger partial charge in [-0.2, -0.15) is 18.2 Å². The fraction of sp³-hybridized carbons (Fsp3) is 0.286. The van der Waals surface area contributed by atoms with Crippen molar-refractivity contribution in [1.82, 2.24) is 19.9 Å². The predicted octanol–water partition coefficient (Wildman–Crippen LogP) is 4.48. The molecule has 1 aliphatic heterocycles. The molecule has 3 aromatic rings. The minimum absolute atomic E-state index is 0.317. The Morgan fingerprint density at radius 3 is 2.52 bits per heavy atom. The lowest BCUT2D eigenvalue weighted by atomic mass is 10.1. The lowest BCUT2D eigenvalue weighted by Crippen LogP contribution is -2.48. The van der Waals surface area contributed by atoms with Crippen molar-refractivity contribution in [2.24, 2.45) is 0 Å². The van der Waals surface area contributed by atoms with Crippen molar-refractivity contribution >= 4 is 21.8 Å². The van der Waals surface area contributed by atoms with Gasteiger partial charge in [0.1, 0.15) is 0 Å². The molecule has 2 aromatic carbocycles. The minimum Gasteiger partial charge on any atom is -0.338 e. The number of rotatable bonds is 4. The number of aromatic nitrogens is 2. The van der Waals surface area contributed by atoms with E-state index in [1.165, 1.54) is 23.1 Å². The Kier molecular flexibility index (Phi) is 6.10. The number of hydrogen-bond acceptors (Lipinski definition) is 5. The van der Waals surface area contributed by atoms with Crippen LogP contribution in [-0.2, 0) is 12.7 Å². The molecule has 1 saturated heterocycles. The van der Waals surface area contributed by atoms with E-state index in [-0.39, 0.29) is 5.56 Å². The van der Waals surface area contributed by atoms with Gasteiger partial charge in [0.05, 0.1) is 17.7 Å². The molecule has 0 spiro atoms. The topological polar surface area (TPSA) is 62.5 Å². The summed E-state index contributed by atoms with van der Waals surface area (Å²) in [5.41, 5.74) is -0.407. The van der Waals surface area contributed by atoms with Gasteiger partial charge in [-0.15, -0.1) is 0 Å². The third kappa shape index (κ3) is 4.96. The molecule has 0 bridgehead atoms. The first-order valence-electron chi connectivity index (χ1n) is 9.57. The molecular formula is C21H18BrF3N4O2. The summed E-state index contributed by atoms with van der Waals surface area (Å²) in [4.78, 5) is 20.6. The van der Waals surface area contributed by atoms with Gasteiger partial charge >= 0.3 is 6.18 Å². The number of amides is 1. The van der Waals surface area contributed by atoms with E-state index in [0.29, 0.717) is 44.4 Å². The second-order valence-electron chi connectivity index (χ2n) is 7.13. The smallest absolute Gasteiger partial charge is 0.338 e. The van der Waals surface area contributed by atoms with Crippen molar-refractivity contribution in [1.29, 1.82) is 0 Å². The zero-order valence-corrected chi connectivity index (χ0v) is 17.9. The van der Waals surface area contributed by atoms with Crippen molar-refractivity contribution < 1.29 is 22.5 Å². The van der Waals surface area contributed by atoms with Gasteiger partial charge in [-0.25, -0.2) is 0 Å². The number of nitrogens with zero attached hydrogens (tertiary/aromatic N) is 4. The number of carbonyl (C=O) groups excluding carboxylic acids is 1. The Balaban J connectivity index is 1.37. The van der Waals surface area contributed by atoms with Crippen LogP contribution in [0.3, 0.4) is 0 Å². The molecule has 0 aliphatic carbocycles. The highest BCUT2D eigenvalue weighted by molar-refractivity contribution is 9.10. The van der Waals surface area contributed by atoms with Crippen molar-refractivity contribution in [2.45, 2.75) is 12.7 Å². The van der Waals surface area contributed by atoms with E-state index in [2.05, 4.69) is 26.1 Å². The third-order valence-corrected chi connectivity index (χ3v) is 5.53. The van der Waals surface area contributed by atoms with Crippen LogP contribution >= 0.6 is 15.9 Å². The molecule has 2 heterocycles. The van der Waals surface area contributed by atoms with E-state index in [1.54, 1.807) is 0 Å². The van der Waals surface area contributed by atoms with Crippen LogP contribution in [0.1, 0.15) is 21.8 Å². The Labute approximate surface area is 184 Å². The first-order chi connectivity index (χ1) is 14.8. The molecule has 0 saturated carbocycles. The molecule has 10 heteroatoms. The van der Waals surface area contributed by atoms with Gasteiger partial charge in [0, 0.05) is 36.2 Å². The molecule has 4 rings (SSSR count). The highest BCUT2D eigenvalue weighted by atomic mass is 79.9. The largest absolute Gasteiger partial charge is 0.417 e. The lowest BCUT2D eigenvalue weighted by molar-refractivity contribution is -0.138. The number of carbonyl (C=O) groups is 1. The monoisotopic (exact) mass is 494 g/mol. The Morgan fingerprint density at radius 2 is 1.81 bits per heavy atom. The van der Waals surface area contributed by atoms with Crippen LogP contribution in [-0.4, -0.2) is 52.0 Å². The highest BCUT2D eigenvalue weighted by Gasteiger charge is 2.36. The summed E-state index contributed by atoms with van der Waals surface area (Å²) in [6.45, 7) is 2.03. The number of hydrogen-bond donors (Lipinski definition) is 0. The van der Waals surface area contributed by atoms with Crippen LogP contribution in [0.5, 0.6) is 0 Å². The van der Waals surface area contributed by atoms with Gasteiger partial charge in [0.25, 0.3) is 5.91 Å². The zero-order valence-electron chi connectivity index (χ0n) is 16.3. The quantitative estimate of drug-likeness (QED) is 0.535. The number of piperazine rings is 1. The summed E-state index contributed by atoms with van der Waals surface area (Å²) >= 11 is 3.41. The number of alkyl halides is 3. The molecule has 0 N–H and O–H groups in total. The van der Waals surface area contributed by atoms with Crippen LogP contribution in [0.25, 0.3) is 11.4 Å². The molecular weight excluding hydrogens is 477 g/mol. The molecule has 162 valence electrons.